The average molecular weight is 436 g/mol. The number of nitrogens with zero attached hydrogens (tertiary/aromatic N) is 3. The molecule has 1 N–H and O–H groups in total. The molecule has 1 aromatic carbocycles. The molecule has 0 atom stereocenters. The van der Waals surface area contributed by atoms with E-state index in [1.54, 1.807) is 31.5 Å². The van der Waals surface area contributed by atoms with E-state index in [0.29, 0.717) is 54.7 Å². The first-order valence-electron chi connectivity index (χ1n) is 10.3. The molecular formula is C23H24N4O5. The Morgan fingerprint density at radius 2 is 2.12 bits per heavy atom. The number of fused-ring (bicyclic) bond motifs is 3. The lowest BCUT2D eigenvalue weighted by atomic mass is 10.1. The van der Waals surface area contributed by atoms with Gasteiger partial charge in [0.05, 0.1) is 33.1 Å². The smallest absolute Gasteiger partial charge is 0.305 e. The van der Waals surface area contributed by atoms with Crippen LogP contribution in [0, 0.1) is 0 Å². The summed E-state index contributed by atoms with van der Waals surface area (Å²) in [5.41, 5.74) is 2.03. The monoisotopic (exact) mass is 436 g/mol. The summed E-state index contributed by atoms with van der Waals surface area (Å²) in [5.74, 6) is 1.96. The number of carbonyl (C=O) groups is 2. The topological polar surface area (TPSA) is 102 Å². The van der Waals surface area contributed by atoms with Gasteiger partial charge in [-0.05, 0) is 30.7 Å². The van der Waals surface area contributed by atoms with Crippen LogP contribution in [0.15, 0.2) is 53.5 Å². The summed E-state index contributed by atoms with van der Waals surface area (Å²) in [6.07, 6.45) is 5.46. The van der Waals surface area contributed by atoms with Crippen LogP contribution in [0.5, 0.6) is 11.5 Å². The quantitative estimate of drug-likeness (QED) is 0.292. The number of pyridine rings is 1. The first-order valence-corrected chi connectivity index (χ1v) is 10.3. The first kappa shape index (κ1) is 21.4. The number of hydrogen-bond donors (Lipinski definition) is 1. The number of anilines is 1. The summed E-state index contributed by atoms with van der Waals surface area (Å²) in [4.78, 5) is 34.8. The van der Waals surface area contributed by atoms with Gasteiger partial charge >= 0.3 is 5.97 Å². The third kappa shape index (κ3) is 4.27. The maximum atomic E-state index is 12.8. The van der Waals surface area contributed by atoms with Gasteiger partial charge < -0.3 is 24.4 Å². The lowest BCUT2D eigenvalue weighted by Gasteiger charge is -2.32. The lowest BCUT2D eigenvalue weighted by Crippen LogP contribution is -2.36. The van der Waals surface area contributed by atoms with E-state index in [2.05, 4.69) is 20.0 Å². The Hall–Kier alpha value is -3.88. The molecule has 0 aliphatic carbocycles. The molecule has 0 radical (unpaired) electrons. The average Bonchev–Trinajstić information content (AvgIpc) is 3.32. The maximum absolute atomic E-state index is 12.8. The summed E-state index contributed by atoms with van der Waals surface area (Å²) in [6, 6.07) is 7.19. The molecule has 0 spiro atoms. The van der Waals surface area contributed by atoms with Crippen LogP contribution in [0.3, 0.4) is 0 Å². The van der Waals surface area contributed by atoms with Crippen LogP contribution in [0.4, 0.5) is 5.69 Å². The van der Waals surface area contributed by atoms with E-state index in [1.807, 2.05) is 17.0 Å². The number of aliphatic imine (C=N–C) groups is 1. The van der Waals surface area contributed by atoms with Gasteiger partial charge in [0.1, 0.15) is 11.7 Å². The fourth-order valence-electron chi connectivity index (χ4n) is 3.61. The van der Waals surface area contributed by atoms with Gasteiger partial charge in [-0.15, -0.1) is 0 Å². The molecule has 4 rings (SSSR count). The minimum absolute atomic E-state index is 0.168. The molecule has 166 valence electrons. The van der Waals surface area contributed by atoms with Crippen LogP contribution >= 0.6 is 0 Å². The lowest BCUT2D eigenvalue weighted by molar-refractivity contribution is -0.140. The van der Waals surface area contributed by atoms with Gasteiger partial charge in [-0.1, -0.05) is 0 Å². The zero-order chi connectivity index (χ0) is 22.5. The van der Waals surface area contributed by atoms with Crippen LogP contribution in [0.2, 0.25) is 0 Å². The van der Waals surface area contributed by atoms with Crippen LogP contribution in [0.25, 0.3) is 0 Å². The van der Waals surface area contributed by atoms with Crippen LogP contribution in [0.1, 0.15) is 28.8 Å². The number of ether oxygens (including phenoxy) is 3. The molecule has 32 heavy (non-hydrogen) atoms. The minimum Gasteiger partial charge on any atom is -0.493 e. The van der Waals surface area contributed by atoms with Gasteiger partial charge in [-0.2, -0.15) is 0 Å². The highest BCUT2D eigenvalue weighted by atomic mass is 16.5. The van der Waals surface area contributed by atoms with Crippen molar-refractivity contribution in [3.8, 4) is 11.5 Å². The van der Waals surface area contributed by atoms with Crippen molar-refractivity contribution in [2.45, 2.75) is 12.8 Å². The van der Waals surface area contributed by atoms with E-state index in [0.717, 1.165) is 11.4 Å². The van der Waals surface area contributed by atoms with E-state index in [4.69, 9.17) is 9.47 Å². The number of methoxy groups -OCH3 is 2. The molecule has 1 aromatic heterocycles. The van der Waals surface area contributed by atoms with Crippen molar-refractivity contribution in [2.24, 2.45) is 4.99 Å². The van der Waals surface area contributed by atoms with E-state index in [-0.39, 0.29) is 18.2 Å². The summed E-state index contributed by atoms with van der Waals surface area (Å²) < 4.78 is 16.2. The number of carbonyl (C=O) groups excluding carboxylic acids is 2. The highest BCUT2D eigenvalue weighted by Crippen LogP contribution is 2.43. The number of hydrogen-bond acceptors (Lipinski definition) is 9. The van der Waals surface area contributed by atoms with Crippen molar-refractivity contribution in [3.63, 3.8) is 0 Å². The molecule has 2 aliphatic rings. The van der Waals surface area contributed by atoms with Crippen LogP contribution < -0.4 is 14.8 Å². The van der Waals surface area contributed by atoms with Gasteiger partial charge in [0.2, 0.25) is 0 Å². The fourth-order valence-corrected chi connectivity index (χ4v) is 3.61. The third-order valence-corrected chi connectivity index (χ3v) is 5.18. The molecule has 2 aromatic rings. The fraction of sp³-hybridized carbons (Fsp3) is 0.304. The van der Waals surface area contributed by atoms with E-state index >= 15 is 0 Å². The molecule has 9 heteroatoms. The highest BCUT2D eigenvalue weighted by molar-refractivity contribution is 6.11. The van der Waals surface area contributed by atoms with Crippen molar-refractivity contribution in [3.05, 3.63) is 59.7 Å². The number of ketones is 1. The highest BCUT2D eigenvalue weighted by Gasteiger charge is 2.33. The second-order valence-electron chi connectivity index (χ2n) is 7.17. The molecule has 2 aliphatic heterocycles. The standard InChI is InChI=1S/C23H24N4O5/c1-30-18-8-7-16-21(22(18)32-12-4-6-20(29)31-2)26-19(27-11-10-25-23(16)27)13-17(28)15-5-3-9-24-14-15/h3,5,7-9,13-14,26H,4,6,10-12H2,1-2H3. The van der Waals surface area contributed by atoms with Gasteiger partial charge in [0, 0.05) is 42.6 Å². The zero-order valence-corrected chi connectivity index (χ0v) is 18.0. The normalized spacial score (nSPS) is 15.4. The van der Waals surface area contributed by atoms with Gasteiger partial charge in [0.15, 0.2) is 17.3 Å². The Labute approximate surface area is 185 Å². The number of amidine groups is 1. The SMILES string of the molecule is COC(=O)CCCOc1c(OC)ccc2c1NC(=CC(=O)c1cccnc1)N1CCN=C21. The molecule has 0 fully saturated rings. The number of esters is 1. The van der Waals surface area contributed by atoms with E-state index < -0.39 is 0 Å². The number of allylic oxidation sites excluding steroid dienone is 1. The molecule has 9 nitrogen and oxygen atoms in total. The van der Waals surface area contributed by atoms with Crippen molar-refractivity contribution in [1.29, 1.82) is 0 Å². The Kier molecular flexibility index (Phi) is 6.34. The van der Waals surface area contributed by atoms with Crippen molar-refractivity contribution < 1.29 is 23.8 Å². The third-order valence-electron chi connectivity index (χ3n) is 5.18. The number of aromatic nitrogens is 1. The molecule has 0 unspecified atom stereocenters. The molecule has 0 bridgehead atoms. The summed E-state index contributed by atoms with van der Waals surface area (Å²) in [5, 5.41) is 3.34. The molecule has 0 amide bonds. The van der Waals surface area contributed by atoms with Crippen LogP contribution in [-0.2, 0) is 9.53 Å². The van der Waals surface area contributed by atoms with Gasteiger partial charge in [0.25, 0.3) is 0 Å². The van der Waals surface area contributed by atoms with Crippen molar-refractivity contribution in [1.82, 2.24) is 9.88 Å². The van der Waals surface area contributed by atoms with Crippen LogP contribution in [-0.4, -0.2) is 61.4 Å². The summed E-state index contributed by atoms with van der Waals surface area (Å²) >= 11 is 0. The van der Waals surface area contributed by atoms with E-state index in [9.17, 15) is 9.59 Å². The summed E-state index contributed by atoms with van der Waals surface area (Å²) in [7, 11) is 2.92. The molecular weight excluding hydrogens is 412 g/mol. The zero-order valence-electron chi connectivity index (χ0n) is 18.0. The Morgan fingerprint density at radius 1 is 1.25 bits per heavy atom. The predicted octanol–water partition coefficient (Wildman–Crippen LogP) is 2.63. The van der Waals surface area contributed by atoms with Crippen molar-refractivity contribution >= 4 is 23.3 Å². The number of nitrogens with one attached hydrogen (secondary N) is 1. The molecule has 0 saturated heterocycles. The maximum Gasteiger partial charge on any atom is 0.305 e. The molecule has 0 saturated carbocycles. The van der Waals surface area contributed by atoms with E-state index in [1.165, 1.54) is 13.3 Å². The van der Waals surface area contributed by atoms with Gasteiger partial charge in [-0.25, -0.2) is 0 Å². The Morgan fingerprint density at radius 3 is 2.88 bits per heavy atom. The second-order valence-corrected chi connectivity index (χ2v) is 7.17. The number of benzene rings is 1. The summed E-state index contributed by atoms with van der Waals surface area (Å²) in [6.45, 7) is 1.58. The largest absolute Gasteiger partial charge is 0.493 e. The minimum atomic E-state index is -0.288. The number of rotatable bonds is 8. The Balaban J connectivity index is 1.65. The first-order chi connectivity index (χ1) is 15.6. The second kappa shape index (κ2) is 9.51. The predicted molar refractivity (Wildman–Crippen MR) is 118 cm³/mol. The van der Waals surface area contributed by atoms with Gasteiger partial charge in [-0.3, -0.25) is 19.6 Å². The molecule has 3 heterocycles. The van der Waals surface area contributed by atoms with Crippen molar-refractivity contribution in [2.75, 3.05) is 39.2 Å². The Bertz CT molecular complexity index is 1080.